The highest BCUT2D eigenvalue weighted by Crippen LogP contribution is 2.47. The molecule has 2 amide bonds. The number of anilines is 1. The Morgan fingerprint density at radius 3 is 2.96 bits per heavy atom. The largest absolute Gasteiger partial charge is 0.344 e. The second-order valence-corrected chi connectivity index (χ2v) is 9.14. The Balaban J connectivity index is 1.66. The number of fused-ring (bicyclic) bond motifs is 2. The maximum Gasteiger partial charge on any atom is 0.233 e. The van der Waals surface area contributed by atoms with Crippen LogP contribution in [0.2, 0.25) is 4.34 Å². The summed E-state index contributed by atoms with van der Waals surface area (Å²) in [5.41, 5.74) is 1.89. The van der Waals surface area contributed by atoms with E-state index in [1.165, 1.54) is 11.3 Å². The number of likely N-dealkylation sites (tertiary alicyclic amines) is 1. The van der Waals surface area contributed by atoms with Crippen LogP contribution in [-0.4, -0.2) is 41.8 Å². The zero-order valence-electron chi connectivity index (χ0n) is 13.2. The molecule has 4 rings (SSSR count). The molecule has 1 spiro atoms. The lowest BCUT2D eigenvalue weighted by Crippen LogP contribution is -2.39. The van der Waals surface area contributed by atoms with Crippen molar-refractivity contribution in [2.24, 2.45) is 0 Å². The Morgan fingerprint density at radius 2 is 2.28 bits per heavy atom. The van der Waals surface area contributed by atoms with E-state index in [9.17, 15) is 9.59 Å². The van der Waals surface area contributed by atoms with Gasteiger partial charge in [-0.3, -0.25) is 9.59 Å². The van der Waals surface area contributed by atoms with Crippen molar-refractivity contribution < 1.29 is 9.59 Å². The van der Waals surface area contributed by atoms with Crippen molar-refractivity contribution in [2.45, 2.75) is 18.3 Å². The first-order valence-corrected chi connectivity index (χ1v) is 9.89. The Morgan fingerprint density at radius 1 is 1.44 bits per heavy atom. The standard InChI is InChI=1S/C17H15BrClN3O2S/c18-11-1-2-13-12(5-11)17(3-4-21(8-17)10-23)9-22(13)16(24)6-15-20-7-14(19)25-15/h1-2,5,7,10H,3-4,6,8-9H2. The van der Waals surface area contributed by atoms with Crippen molar-refractivity contribution in [3.05, 3.63) is 43.8 Å². The number of halogens is 2. The van der Waals surface area contributed by atoms with Crippen molar-refractivity contribution in [1.29, 1.82) is 0 Å². The number of carbonyl (C=O) groups is 2. The number of aromatic nitrogens is 1. The first-order chi connectivity index (χ1) is 12.0. The van der Waals surface area contributed by atoms with Crippen LogP contribution < -0.4 is 4.90 Å². The molecule has 1 aromatic carbocycles. The lowest BCUT2D eigenvalue weighted by molar-refractivity contribution is -0.118. The molecular weight excluding hydrogens is 426 g/mol. The summed E-state index contributed by atoms with van der Waals surface area (Å²) in [4.78, 5) is 31.9. The molecule has 5 nitrogen and oxygen atoms in total. The van der Waals surface area contributed by atoms with Crippen molar-refractivity contribution in [3.63, 3.8) is 0 Å². The molecule has 25 heavy (non-hydrogen) atoms. The predicted molar refractivity (Wildman–Crippen MR) is 101 cm³/mol. The van der Waals surface area contributed by atoms with E-state index in [1.807, 2.05) is 17.0 Å². The van der Waals surface area contributed by atoms with Gasteiger partial charge in [0.2, 0.25) is 12.3 Å². The molecule has 1 saturated heterocycles. The predicted octanol–water partition coefficient (Wildman–Crippen LogP) is 3.25. The van der Waals surface area contributed by atoms with Crippen LogP contribution in [0.4, 0.5) is 5.69 Å². The average Bonchev–Trinajstić information content (AvgIpc) is 3.27. The number of rotatable bonds is 3. The lowest BCUT2D eigenvalue weighted by Gasteiger charge is -2.24. The van der Waals surface area contributed by atoms with Gasteiger partial charge in [0.1, 0.15) is 9.34 Å². The van der Waals surface area contributed by atoms with E-state index in [0.29, 0.717) is 17.4 Å². The minimum absolute atomic E-state index is 0.0102. The van der Waals surface area contributed by atoms with E-state index in [-0.39, 0.29) is 17.7 Å². The van der Waals surface area contributed by atoms with Gasteiger partial charge in [0.05, 0.1) is 12.6 Å². The number of carbonyl (C=O) groups excluding carboxylic acids is 2. The summed E-state index contributed by atoms with van der Waals surface area (Å²) in [6.45, 7) is 1.97. The van der Waals surface area contributed by atoms with Crippen LogP contribution in [0.15, 0.2) is 28.9 Å². The molecule has 2 aromatic rings. The van der Waals surface area contributed by atoms with E-state index in [0.717, 1.165) is 40.1 Å². The number of hydrogen-bond acceptors (Lipinski definition) is 4. The van der Waals surface area contributed by atoms with Gasteiger partial charge in [0.15, 0.2) is 0 Å². The van der Waals surface area contributed by atoms with Crippen molar-refractivity contribution >= 4 is 56.9 Å². The van der Waals surface area contributed by atoms with Gasteiger partial charge in [-0.15, -0.1) is 11.3 Å². The van der Waals surface area contributed by atoms with Gasteiger partial charge in [0, 0.05) is 35.2 Å². The van der Waals surface area contributed by atoms with Crippen LogP contribution in [0.25, 0.3) is 0 Å². The fourth-order valence-corrected chi connectivity index (χ4v) is 5.11. The topological polar surface area (TPSA) is 53.5 Å². The molecule has 0 bridgehead atoms. The summed E-state index contributed by atoms with van der Waals surface area (Å²) < 4.78 is 1.57. The van der Waals surface area contributed by atoms with Gasteiger partial charge in [-0.1, -0.05) is 27.5 Å². The van der Waals surface area contributed by atoms with Crippen LogP contribution in [-0.2, 0) is 21.4 Å². The van der Waals surface area contributed by atoms with Crippen molar-refractivity contribution in [1.82, 2.24) is 9.88 Å². The first-order valence-electron chi connectivity index (χ1n) is 7.91. The van der Waals surface area contributed by atoms with Gasteiger partial charge in [-0.05, 0) is 30.2 Å². The van der Waals surface area contributed by atoms with Gasteiger partial charge >= 0.3 is 0 Å². The number of benzene rings is 1. The fraction of sp³-hybridized carbons (Fsp3) is 0.353. The van der Waals surface area contributed by atoms with Gasteiger partial charge in [-0.2, -0.15) is 0 Å². The van der Waals surface area contributed by atoms with E-state index < -0.39 is 0 Å². The molecule has 3 heterocycles. The molecule has 0 radical (unpaired) electrons. The van der Waals surface area contributed by atoms with Crippen LogP contribution in [0, 0.1) is 0 Å². The SMILES string of the molecule is O=CN1CCC2(C1)CN(C(=O)Cc1ncc(Cl)s1)c1ccc(Br)cc12. The van der Waals surface area contributed by atoms with Gasteiger partial charge in [0.25, 0.3) is 0 Å². The number of hydrogen-bond donors (Lipinski definition) is 0. The Hall–Kier alpha value is -1.44. The third-order valence-corrected chi connectivity index (χ3v) is 6.55. The van der Waals surface area contributed by atoms with Crippen molar-refractivity contribution in [2.75, 3.05) is 24.5 Å². The monoisotopic (exact) mass is 439 g/mol. The number of thiazole rings is 1. The van der Waals surface area contributed by atoms with E-state index in [2.05, 4.69) is 27.0 Å². The van der Waals surface area contributed by atoms with E-state index >= 15 is 0 Å². The molecule has 0 saturated carbocycles. The molecule has 130 valence electrons. The van der Waals surface area contributed by atoms with E-state index in [4.69, 9.17) is 11.6 Å². The molecule has 1 atom stereocenters. The molecule has 1 unspecified atom stereocenters. The summed E-state index contributed by atoms with van der Waals surface area (Å²) in [5.74, 6) is 0.0102. The third kappa shape index (κ3) is 2.98. The number of amides is 2. The van der Waals surface area contributed by atoms with Crippen LogP contribution in [0.1, 0.15) is 17.0 Å². The van der Waals surface area contributed by atoms with Crippen LogP contribution in [0.5, 0.6) is 0 Å². The van der Waals surface area contributed by atoms with Crippen LogP contribution >= 0.6 is 38.9 Å². The quantitative estimate of drug-likeness (QED) is 0.689. The fourth-order valence-electron chi connectivity index (χ4n) is 3.80. The summed E-state index contributed by atoms with van der Waals surface area (Å²) in [5, 5.41) is 0.718. The molecule has 0 aliphatic carbocycles. The van der Waals surface area contributed by atoms with Crippen molar-refractivity contribution in [3.8, 4) is 0 Å². The summed E-state index contributed by atoms with van der Waals surface area (Å²) in [6.07, 6.45) is 3.57. The second kappa shape index (κ2) is 6.37. The molecular formula is C17H15BrClN3O2S. The Bertz CT molecular complexity index is 858. The third-order valence-electron chi connectivity index (χ3n) is 4.94. The Labute approximate surface area is 162 Å². The summed E-state index contributed by atoms with van der Waals surface area (Å²) >= 11 is 10.8. The van der Waals surface area contributed by atoms with Gasteiger partial charge < -0.3 is 9.80 Å². The molecule has 2 aliphatic rings. The zero-order valence-corrected chi connectivity index (χ0v) is 16.4. The smallest absolute Gasteiger partial charge is 0.233 e. The second-order valence-electron chi connectivity index (χ2n) is 6.48. The number of nitrogens with zero attached hydrogens (tertiary/aromatic N) is 3. The molecule has 0 N–H and O–H groups in total. The first kappa shape index (κ1) is 17.0. The minimum Gasteiger partial charge on any atom is -0.344 e. The summed E-state index contributed by atoms with van der Waals surface area (Å²) in [6, 6.07) is 6.01. The van der Waals surface area contributed by atoms with E-state index in [1.54, 1.807) is 11.1 Å². The van der Waals surface area contributed by atoms with Crippen LogP contribution in [0.3, 0.4) is 0 Å². The molecule has 8 heteroatoms. The molecule has 2 aliphatic heterocycles. The molecule has 1 aromatic heterocycles. The normalized spacial score (nSPS) is 21.8. The maximum atomic E-state index is 12.9. The zero-order chi connectivity index (χ0) is 17.6. The van der Waals surface area contributed by atoms with Gasteiger partial charge in [-0.25, -0.2) is 4.98 Å². The lowest BCUT2D eigenvalue weighted by atomic mass is 9.82. The highest BCUT2D eigenvalue weighted by molar-refractivity contribution is 9.10. The molecule has 1 fully saturated rings. The average molecular weight is 441 g/mol. The highest BCUT2D eigenvalue weighted by atomic mass is 79.9. The maximum absolute atomic E-state index is 12.9. The summed E-state index contributed by atoms with van der Waals surface area (Å²) in [7, 11) is 0. The highest BCUT2D eigenvalue weighted by Gasteiger charge is 2.48. The minimum atomic E-state index is -0.184. The Kier molecular flexibility index (Phi) is 4.33.